The zero-order valence-corrected chi connectivity index (χ0v) is 12.5. The van der Waals surface area contributed by atoms with Gasteiger partial charge < -0.3 is 9.64 Å². The van der Waals surface area contributed by atoms with Crippen molar-refractivity contribution in [3.63, 3.8) is 0 Å². The second-order valence-corrected chi connectivity index (χ2v) is 5.79. The summed E-state index contributed by atoms with van der Waals surface area (Å²) in [4.78, 5) is 2.18. The average molecular weight is 303 g/mol. The van der Waals surface area contributed by atoms with E-state index in [1.54, 1.807) is 18.2 Å². The fraction of sp³-hybridized carbons (Fsp3) is 0.333. The molecule has 0 spiro atoms. The largest absolute Gasteiger partial charge is 0.490 e. The van der Waals surface area contributed by atoms with Crippen molar-refractivity contribution in [1.29, 1.82) is 0 Å². The lowest BCUT2D eigenvalue weighted by atomic mass is 9.87. The van der Waals surface area contributed by atoms with Gasteiger partial charge in [-0.1, -0.05) is 18.2 Å². The standard InChI is InChI=1S/C18H19F2NO/c1-21-11-10-18(22-14-8-6-13(19)7-9-14)16(12-21)15-4-2-3-5-17(15)20/h2-9,16,18H,10-12H2,1H3. The van der Waals surface area contributed by atoms with Gasteiger partial charge in [-0.2, -0.15) is 0 Å². The quantitative estimate of drug-likeness (QED) is 0.854. The first-order chi connectivity index (χ1) is 10.6. The predicted octanol–water partition coefficient (Wildman–Crippen LogP) is 3.83. The summed E-state index contributed by atoms with van der Waals surface area (Å²) in [6, 6.07) is 12.8. The Hall–Kier alpha value is -1.94. The maximum absolute atomic E-state index is 14.1. The first-order valence-electron chi connectivity index (χ1n) is 7.48. The lowest BCUT2D eigenvalue weighted by Crippen LogP contribution is -2.42. The maximum Gasteiger partial charge on any atom is 0.126 e. The monoisotopic (exact) mass is 303 g/mol. The second-order valence-electron chi connectivity index (χ2n) is 5.79. The van der Waals surface area contributed by atoms with E-state index in [0.717, 1.165) is 19.5 Å². The number of nitrogens with zero attached hydrogens (tertiary/aromatic N) is 1. The smallest absolute Gasteiger partial charge is 0.126 e. The van der Waals surface area contributed by atoms with Crippen molar-refractivity contribution >= 4 is 0 Å². The molecule has 0 N–H and O–H groups in total. The number of benzene rings is 2. The van der Waals surface area contributed by atoms with E-state index < -0.39 is 0 Å². The predicted molar refractivity (Wildman–Crippen MR) is 82.1 cm³/mol. The fourth-order valence-corrected chi connectivity index (χ4v) is 3.00. The van der Waals surface area contributed by atoms with Crippen LogP contribution in [0.1, 0.15) is 17.9 Å². The van der Waals surface area contributed by atoms with E-state index in [9.17, 15) is 8.78 Å². The minimum Gasteiger partial charge on any atom is -0.490 e. The van der Waals surface area contributed by atoms with E-state index in [4.69, 9.17) is 4.74 Å². The highest BCUT2D eigenvalue weighted by Crippen LogP contribution is 2.31. The molecule has 1 fully saturated rings. The van der Waals surface area contributed by atoms with Crippen molar-refractivity contribution in [3.05, 3.63) is 65.7 Å². The molecule has 116 valence electrons. The SMILES string of the molecule is CN1CCC(Oc2ccc(F)cc2)C(c2ccccc2F)C1. The summed E-state index contributed by atoms with van der Waals surface area (Å²) >= 11 is 0. The third-order valence-electron chi connectivity index (χ3n) is 4.16. The Labute approximate surface area is 129 Å². The highest BCUT2D eigenvalue weighted by molar-refractivity contribution is 5.27. The molecule has 0 saturated carbocycles. The Bertz CT molecular complexity index is 629. The van der Waals surface area contributed by atoms with E-state index in [0.29, 0.717) is 11.3 Å². The van der Waals surface area contributed by atoms with Gasteiger partial charge in [0.2, 0.25) is 0 Å². The van der Waals surface area contributed by atoms with Crippen LogP contribution >= 0.6 is 0 Å². The van der Waals surface area contributed by atoms with Gasteiger partial charge in [0.05, 0.1) is 0 Å². The minimum absolute atomic E-state index is 0.0370. The molecule has 0 aromatic heterocycles. The van der Waals surface area contributed by atoms with E-state index >= 15 is 0 Å². The highest BCUT2D eigenvalue weighted by Gasteiger charge is 2.32. The van der Waals surface area contributed by atoms with Gasteiger partial charge in [-0.05, 0) is 49.4 Å². The van der Waals surface area contributed by atoms with Crippen molar-refractivity contribution in [2.75, 3.05) is 20.1 Å². The maximum atomic E-state index is 14.1. The van der Waals surface area contributed by atoms with Crippen molar-refractivity contribution < 1.29 is 13.5 Å². The molecule has 1 aliphatic heterocycles. The van der Waals surface area contributed by atoms with Gasteiger partial charge in [-0.15, -0.1) is 0 Å². The Morgan fingerprint density at radius 1 is 1.05 bits per heavy atom. The molecular formula is C18H19F2NO. The number of likely N-dealkylation sites (N-methyl/N-ethyl adjacent to an activating group) is 1. The van der Waals surface area contributed by atoms with Gasteiger partial charge >= 0.3 is 0 Å². The third kappa shape index (κ3) is 3.28. The van der Waals surface area contributed by atoms with Crippen LogP contribution in [0.15, 0.2) is 48.5 Å². The van der Waals surface area contributed by atoms with Gasteiger partial charge in [0.25, 0.3) is 0 Å². The summed E-state index contributed by atoms with van der Waals surface area (Å²) in [7, 11) is 2.03. The van der Waals surface area contributed by atoms with Gasteiger partial charge in [-0.25, -0.2) is 8.78 Å². The molecule has 2 atom stereocenters. The molecule has 2 aromatic carbocycles. The molecule has 1 heterocycles. The van der Waals surface area contributed by atoms with Crippen LogP contribution < -0.4 is 4.74 Å². The van der Waals surface area contributed by atoms with Crippen LogP contribution in [0.2, 0.25) is 0 Å². The first-order valence-corrected chi connectivity index (χ1v) is 7.48. The molecule has 2 nitrogen and oxygen atoms in total. The Balaban J connectivity index is 1.84. The molecule has 4 heteroatoms. The number of rotatable bonds is 3. The number of hydrogen-bond donors (Lipinski definition) is 0. The average Bonchev–Trinajstić information content (AvgIpc) is 2.52. The van der Waals surface area contributed by atoms with E-state index in [2.05, 4.69) is 4.90 Å². The van der Waals surface area contributed by atoms with Crippen molar-refractivity contribution in [2.45, 2.75) is 18.4 Å². The van der Waals surface area contributed by atoms with Crippen molar-refractivity contribution in [1.82, 2.24) is 4.90 Å². The zero-order chi connectivity index (χ0) is 15.5. The fourth-order valence-electron chi connectivity index (χ4n) is 3.00. The highest BCUT2D eigenvalue weighted by atomic mass is 19.1. The number of ether oxygens (including phenoxy) is 1. The second kappa shape index (κ2) is 6.44. The van der Waals surface area contributed by atoms with Crippen molar-refractivity contribution in [2.24, 2.45) is 0 Å². The Morgan fingerprint density at radius 2 is 1.77 bits per heavy atom. The molecule has 22 heavy (non-hydrogen) atoms. The zero-order valence-electron chi connectivity index (χ0n) is 12.5. The molecular weight excluding hydrogens is 284 g/mol. The van der Waals surface area contributed by atoms with E-state index in [1.807, 2.05) is 19.2 Å². The lowest BCUT2D eigenvalue weighted by Gasteiger charge is -2.37. The van der Waals surface area contributed by atoms with Gasteiger partial charge in [-0.3, -0.25) is 0 Å². The summed E-state index contributed by atoms with van der Waals surface area (Å²) in [5.74, 6) is 0.0965. The van der Waals surface area contributed by atoms with Crippen LogP contribution in [0.5, 0.6) is 5.75 Å². The lowest BCUT2D eigenvalue weighted by molar-refractivity contribution is 0.0886. The van der Waals surface area contributed by atoms with Crippen LogP contribution in [-0.2, 0) is 0 Å². The number of piperidine rings is 1. The Morgan fingerprint density at radius 3 is 2.50 bits per heavy atom. The molecule has 0 bridgehead atoms. The van der Waals surface area contributed by atoms with Gasteiger partial charge in [0.1, 0.15) is 23.5 Å². The summed E-state index contributed by atoms with van der Waals surface area (Å²) in [6.07, 6.45) is 0.700. The molecule has 0 amide bonds. The van der Waals surface area contributed by atoms with Crippen LogP contribution in [0, 0.1) is 11.6 Å². The molecule has 2 unspecified atom stereocenters. The van der Waals surface area contributed by atoms with Crippen LogP contribution in [0.3, 0.4) is 0 Å². The topological polar surface area (TPSA) is 12.5 Å². The Kier molecular flexibility index (Phi) is 4.39. The minimum atomic E-state index is -0.290. The molecule has 2 aromatic rings. The summed E-state index contributed by atoms with van der Waals surface area (Å²) in [5.41, 5.74) is 0.682. The van der Waals surface area contributed by atoms with Crippen LogP contribution in [0.4, 0.5) is 8.78 Å². The molecule has 3 rings (SSSR count). The number of likely N-dealkylation sites (tertiary alicyclic amines) is 1. The molecule has 0 radical (unpaired) electrons. The molecule has 0 aliphatic carbocycles. The first kappa shape index (κ1) is 15.0. The third-order valence-corrected chi connectivity index (χ3v) is 4.16. The molecule has 1 aliphatic rings. The van der Waals surface area contributed by atoms with E-state index in [1.165, 1.54) is 18.2 Å². The normalized spacial score (nSPS) is 22.5. The van der Waals surface area contributed by atoms with Crippen LogP contribution in [0.25, 0.3) is 0 Å². The van der Waals surface area contributed by atoms with E-state index in [-0.39, 0.29) is 23.7 Å². The van der Waals surface area contributed by atoms with Crippen molar-refractivity contribution in [3.8, 4) is 5.75 Å². The summed E-state index contributed by atoms with van der Waals surface area (Å²) in [6.45, 7) is 1.64. The number of hydrogen-bond acceptors (Lipinski definition) is 2. The number of halogens is 2. The van der Waals surface area contributed by atoms with Crippen LogP contribution in [-0.4, -0.2) is 31.1 Å². The summed E-state index contributed by atoms with van der Waals surface area (Å²) in [5, 5.41) is 0. The van der Waals surface area contributed by atoms with Gasteiger partial charge in [0.15, 0.2) is 0 Å². The molecule has 1 saturated heterocycles. The summed E-state index contributed by atoms with van der Waals surface area (Å²) < 4.78 is 33.2. The van der Waals surface area contributed by atoms with Gasteiger partial charge in [0, 0.05) is 19.0 Å².